The van der Waals surface area contributed by atoms with Gasteiger partial charge in [-0.15, -0.1) is 0 Å². The smallest absolute Gasteiger partial charge is 0.316 e. The molecule has 24 heavy (non-hydrogen) atoms. The van der Waals surface area contributed by atoms with Crippen molar-refractivity contribution in [3.05, 3.63) is 50.6 Å². The molecular weight excluding hydrogens is 355 g/mol. The lowest BCUT2D eigenvalue weighted by Crippen LogP contribution is -2.44. The second kappa shape index (κ2) is 7.19. The second-order valence-electron chi connectivity index (χ2n) is 5.38. The van der Waals surface area contributed by atoms with E-state index in [1.165, 1.54) is 24.7 Å². The predicted octanol–water partition coefficient (Wildman–Crippen LogP) is 2.16. The van der Waals surface area contributed by atoms with Crippen LogP contribution in [0.1, 0.15) is 23.2 Å². The Morgan fingerprint density at radius 2 is 2.08 bits per heavy atom. The quantitative estimate of drug-likeness (QED) is 0.896. The van der Waals surface area contributed by atoms with Crippen molar-refractivity contribution in [2.45, 2.75) is 18.9 Å². The summed E-state index contributed by atoms with van der Waals surface area (Å²) >= 11 is 11.5. The first-order valence-electron chi connectivity index (χ1n) is 7.34. The number of nitrogens with one attached hydrogen (secondary N) is 1. The van der Waals surface area contributed by atoms with E-state index in [2.05, 4.69) is 15.0 Å². The molecule has 0 aromatic carbocycles. The van der Waals surface area contributed by atoms with Crippen LogP contribution in [0, 0.1) is 0 Å². The Morgan fingerprint density at radius 1 is 1.33 bits per heavy atom. The summed E-state index contributed by atoms with van der Waals surface area (Å²) in [5.41, 5.74) is -0.0871. The summed E-state index contributed by atoms with van der Waals surface area (Å²) in [5.74, 6) is -0.210. The van der Waals surface area contributed by atoms with E-state index in [0.29, 0.717) is 23.7 Å². The molecule has 2 aromatic heterocycles. The highest BCUT2D eigenvalue weighted by molar-refractivity contribution is 6.30. The average molecular weight is 369 g/mol. The number of carbonyl (C=O) groups is 1. The van der Waals surface area contributed by atoms with Crippen LogP contribution in [-0.4, -0.2) is 45.0 Å². The van der Waals surface area contributed by atoms with Gasteiger partial charge in [-0.3, -0.25) is 9.59 Å². The maximum absolute atomic E-state index is 12.5. The number of halogens is 2. The van der Waals surface area contributed by atoms with E-state index in [0.717, 1.165) is 12.8 Å². The van der Waals surface area contributed by atoms with Crippen molar-refractivity contribution in [3.8, 4) is 6.01 Å². The van der Waals surface area contributed by atoms with Gasteiger partial charge in [0.2, 0.25) is 0 Å². The van der Waals surface area contributed by atoms with Gasteiger partial charge in [-0.2, -0.15) is 0 Å². The van der Waals surface area contributed by atoms with E-state index in [9.17, 15) is 9.59 Å². The Kier molecular flexibility index (Phi) is 5.01. The lowest BCUT2D eigenvalue weighted by molar-refractivity contribution is 0.0515. The fraction of sp³-hybridized carbons (Fsp3) is 0.333. The molecule has 3 rings (SSSR count). The number of H-pyrrole nitrogens is 1. The first-order chi connectivity index (χ1) is 11.5. The van der Waals surface area contributed by atoms with Crippen LogP contribution in [0.3, 0.4) is 0 Å². The van der Waals surface area contributed by atoms with Crippen LogP contribution in [0.4, 0.5) is 0 Å². The van der Waals surface area contributed by atoms with Gasteiger partial charge in [-0.25, -0.2) is 9.97 Å². The number of aromatic amines is 1. The minimum Gasteiger partial charge on any atom is -0.458 e. The maximum Gasteiger partial charge on any atom is 0.316 e. The largest absolute Gasteiger partial charge is 0.458 e. The predicted molar refractivity (Wildman–Crippen MR) is 88.7 cm³/mol. The van der Waals surface area contributed by atoms with Gasteiger partial charge < -0.3 is 14.6 Å². The van der Waals surface area contributed by atoms with Gasteiger partial charge in [0.25, 0.3) is 11.5 Å². The van der Waals surface area contributed by atoms with Crippen molar-refractivity contribution in [2.24, 2.45) is 0 Å². The van der Waals surface area contributed by atoms with Gasteiger partial charge in [0, 0.05) is 12.7 Å². The summed E-state index contributed by atoms with van der Waals surface area (Å²) in [6, 6.07) is 1.60. The molecule has 0 bridgehead atoms. The van der Waals surface area contributed by atoms with Crippen molar-refractivity contribution < 1.29 is 9.53 Å². The average Bonchev–Trinajstić information content (AvgIpc) is 2.59. The summed E-state index contributed by atoms with van der Waals surface area (Å²) < 4.78 is 5.71. The van der Waals surface area contributed by atoms with Crippen LogP contribution >= 0.6 is 23.2 Å². The Hall–Kier alpha value is -2.12. The fourth-order valence-corrected chi connectivity index (χ4v) is 2.76. The van der Waals surface area contributed by atoms with Crippen LogP contribution in [0.5, 0.6) is 6.01 Å². The SMILES string of the molecule is O=C(c1c[nH]c(=O)c(Cl)c1)N1CCCC(Oc2ncc(Cl)cn2)C1. The molecule has 1 N–H and O–H groups in total. The highest BCUT2D eigenvalue weighted by Gasteiger charge is 2.26. The van der Waals surface area contributed by atoms with Gasteiger partial charge in [0.15, 0.2) is 0 Å². The zero-order valence-corrected chi connectivity index (χ0v) is 14.0. The van der Waals surface area contributed by atoms with Crippen molar-refractivity contribution in [1.29, 1.82) is 0 Å². The van der Waals surface area contributed by atoms with Crippen molar-refractivity contribution in [1.82, 2.24) is 19.9 Å². The van der Waals surface area contributed by atoms with E-state index in [1.54, 1.807) is 4.90 Å². The number of likely N-dealkylation sites (tertiary alicyclic amines) is 1. The standard InChI is InChI=1S/C15H14Cl2N4O3/c16-10-6-19-15(20-7-10)24-11-2-1-3-21(8-11)14(23)9-4-12(17)13(22)18-5-9/h4-7,11H,1-3,8H2,(H,18,22). The number of piperidine rings is 1. The van der Waals surface area contributed by atoms with E-state index in [1.807, 2.05) is 0 Å². The minimum absolute atomic E-state index is 0.0137. The molecule has 1 fully saturated rings. The van der Waals surface area contributed by atoms with E-state index in [-0.39, 0.29) is 23.0 Å². The zero-order chi connectivity index (χ0) is 17.1. The molecule has 0 saturated carbocycles. The normalized spacial score (nSPS) is 17.6. The molecule has 0 spiro atoms. The van der Waals surface area contributed by atoms with Gasteiger partial charge in [-0.05, 0) is 18.9 Å². The molecule has 0 aliphatic carbocycles. The molecular formula is C15H14Cl2N4O3. The summed E-state index contributed by atoms with van der Waals surface area (Å²) in [6.45, 7) is 1.01. The van der Waals surface area contributed by atoms with Gasteiger partial charge >= 0.3 is 6.01 Å². The Bertz CT molecular complexity index is 794. The van der Waals surface area contributed by atoms with Crippen molar-refractivity contribution >= 4 is 29.1 Å². The van der Waals surface area contributed by atoms with Gasteiger partial charge in [-0.1, -0.05) is 23.2 Å². The van der Waals surface area contributed by atoms with Crippen molar-refractivity contribution in [2.75, 3.05) is 13.1 Å². The molecule has 2 aromatic rings. The third kappa shape index (κ3) is 3.85. The number of amides is 1. The number of ether oxygens (including phenoxy) is 1. The van der Waals surface area contributed by atoms with Crippen LogP contribution < -0.4 is 10.3 Å². The molecule has 1 saturated heterocycles. The Morgan fingerprint density at radius 3 is 2.79 bits per heavy atom. The Balaban J connectivity index is 1.68. The first-order valence-corrected chi connectivity index (χ1v) is 8.10. The highest BCUT2D eigenvalue weighted by Crippen LogP contribution is 2.18. The second-order valence-corrected chi connectivity index (χ2v) is 6.23. The zero-order valence-electron chi connectivity index (χ0n) is 12.5. The lowest BCUT2D eigenvalue weighted by Gasteiger charge is -2.32. The van der Waals surface area contributed by atoms with E-state index in [4.69, 9.17) is 27.9 Å². The minimum atomic E-state index is -0.423. The van der Waals surface area contributed by atoms with E-state index < -0.39 is 5.56 Å². The van der Waals surface area contributed by atoms with Crippen LogP contribution in [0.25, 0.3) is 0 Å². The number of nitrogens with zero attached hydrogens (tertiary/aromatic N) is 3. The fourth-order valence-electron chi connectivity index (χ4n) is 2.49. The molecule has 3 heterocycles. The monoisotopic (exact) mass is 368 g/mol. The number of rotatable bonds is 3. The van der Waals surface area contributed by atoms with Crippen LogP contribution in [0.15, 0.2) is 29.5 Å². The summed E-state index contributed by atoms with van der Waals surface area (Å²) in [4.78, 5) is 35.9. The van der Waals surface area contributed by atoms with Crippen LogP contribution in [-0.2, 0) is 0 Å². The summed E-state index contributed by atoms with van der Waals surface area (Å²) in [6.07, 6.45) is 5.66. The topological polar surface area (TPSA) is 88.2 Å². The molecule has 126 valence electrons. The van der Waals surface area contributed by atoms with Crippen LogP contribution in [0.2, 0.25) is 10.0 Å². The first kappa shape index (κ1) is 16.7. The third-order valence-electron chi connectivity index (χ3n) is 3.64. The molecule has 9 heteroatoms. The summed E-state index contributed by atoms with van der Waals surface area (Å²) in [7, 11) is 0. The molecule has 1 amide bonds. The number of aromatic nitrogens is 3. The molecule has 0 radical (unpaired) electrons. The van der Waals surface area contributed by atoms with Gasteiger partial charge in [0.05, 0.1) is 29.5 Å². The molecule has 1 aliphatic heterocycles. The number of hydrogen-bond donors (Lipinski definition) is 1. The molecule has 1 aliphatic rings. The van der Waals surface area contributed by atoms with E-state index >= 15 is 0 Å². The van der Waals surface area contributed by atoms with Crippen molar-refractivity contribution in [3.63, 3.8) is 0 Å². The van der Waals surface area contributed by atoms with Gasteiger partial charge in [0.1, 0.15) is 11.1 Å². The lowest BCUT2D eigenvalue weighted by atomic mass is 10.1. The molecule has 7 nitrogen and oxygen atoms in total. The number of hydrogen-bond acceptors (Lipinski definition) is 5. The summed E-state index contributed by atoms with van der Waals surface area (Å²) in [5, 5.41) is 0.415. The molecule has 1 unspecified atom stereocenters. The number of pyridine rings is 1. The molecule has 1 atom stereocenters. The Labute approximate surface area is 147 Å². The third-order valence-corrected chi connectivity index (χ3v) is 4.11. The highest BCUT2D eigenvalue weighted by atomic mass is 35.5. The number of carbonyl (C=O) groups excluding carboxylic acids is 1. The maximum atomic E-state index is 12.5.